The smallest absolute Gasteiger partial charge is 0.214 e. The van der Waals surface area contributed by atoms with Crippen LogP contribution < -0.4 is 9.64 Å². The molecule has 4 aliphatic heterocycles. The zero-order valence-electron chi connectivity index (χ0n) is 14.5. The van der Waals surface area contributed by atoms with Gasteiger partial charge in [-0.15, -0.1) is 0 Å². The van der Waals surface area contributed by atoms with Gasteiger partial charge in [0.05, 0.1) is 17.8 Å². The first kappa shape index (κ1) is 16.0. The number of ether oxygens (including phenoxy) is 1. The largest absolute Gasteiger partial charge is 0.488 e. The fourth-order valence-corrected chi connectivity index (χ4v) is 5.71. The van der Waals surface area contributed by atoms with E-state index in [-0.39, 0.29) is 6.04 Å². The number of carbonyl (C=O) groups excluding carboxylic acids is 1. The normalized spacial score (nSPS) is 35.6. The Labute approximate surface area is 154 Å². The number of nitrogens with zero attached hydrogens (tertiary/aromatic N) is 2. The fraction of sp³-hybridized carbons (Fsp3) is 0.650. The van der Waals surface area contributed by atoms with Crippen molar-refractivity contribution in [2.75, 3.05) is 24.5 Å². The van der Waals surface area contributed by atoms with E-state index in [0.717, 1.165) is 42.3 Å². The van der Waals surface area contributed by atoms with Crippen molar-refractivity contribution >= 4 is 23.7 Å². The van der Waals surface area contributed by atoms with Crippen molar-refractivity contribution in [3.8, 4) is 5.75 Å². The van der Waals surface area contributed by atoms with E-state index in [4.69, 9.17) is 16.3 Å². The molecule has 1 aromatic rings. The molecule has 4 bridgehead atoms. The lowest BCUT2D eigenvalue weighted by molar-refractivity contribution is -0.108. The second kappa shape index (κ2) is 6.17. The van der Waals surface area contributed by atoms with Gasteiger partial charge in [-0.25, -0.2) is 0 Å². The molecule has 4 heterocycles. The molecule has 4 fully saturated rings. The molecule has 6 rings (SSSR count). The Balaban J connectivity index is 1.56. The van der Waals surface area contributed by atoms with Gasteiger partial charge in [-0.3, -0.25) is 4.79 Å². The monoisotopic (exact) mass is 360 g/mol. The SMILES string of the molecule is O=CN(c1cc(Cl)cc2c1O[C@@H]1CCC[C@H]2C1)[C@@H]1CN2CCC1CC2. The van der Waals surface area contributed by atoms with Crippen molar-refractivity contribution in [1.29, 1.82) is 0 Å². The highest BCUT2D eigenvalue weighted by atomic mass is 35.5. The van der Waals surface area contributed by atoms with E-state index < -0.39 is 0 Å². The third-order valence-electron chi connectivity index (χ3n) is 6.78. The number of rotatable bonds is 3. The van der Waals surface area contributed by atoms with Gasteiger partial charge in [0.1, 0.15) is 5.75 Å². The molecule has 0 radical (unpaired) electrons. The number of halogens is 1. The van der Waals surface area contributed by atoms with Crippen molar-refractivity contribution in [2.45, 2.75) is 56.6 Å². The third-order valence-corrected chi connectivity index (χ3v) is 7.00. The molecule has 0 unspecified atom stereocenters. The molecule has 4 nitrogen and oxygen atoms in total. The van der Waals surface area contributed by atoms with Crippen LogP contribution >= 0.6 is 11.6 Å². The Morgan fingerprint density at radius 2 is 2.04 bits per heavy atom. The molecular formula is C20H25ClN2O2. The van der Waals surface area contributed by atoms with Crippen LogP contribution in [0.1, 0.15) is 50.0 Å². The van der Waals surface area contributed by atoms with Crippen molar-refractivity contribution in [3.63, 3.8) is 0 Å². The highest BCUT2D eigenvalue weighted by Crippen LogP contribution is 2.50. The summed E-state index contributed by atoms with van der Waals surface area (Å²) >= 11 is 6.47. The molecule has 134 valence electrons. The van der Waals surface area contributed by atoms with Crippen molar-refractivity contribution in [2.24, 2.45) is 5.92 Å². The standard InChI is InChI=1S/C20H25ClN2O2/c21-15-9-17-14-2-1-3-16(8-14)25-20(17)18(10-15)23(12-24)19-11-22-6-4-13(19)5-7-22/h9-10,12-14,16,19H,1-8,11H2/t14-,16+,19+/m0/s1. The van der Waals surface area contributed by atoms with E-state index in [1.54, 1.807) is 0 Å². The van der Waals surface area contributed by atoms with Crippen LogP contribution in [0.4, 0.5) is 5.69 Å². The maximum Gasteiger partial charge on any atom is 0.214 e. The lowest BCUT2D eigenvalue weighted by atomic mass is 9.79. The molecule has 0 N–H and O–H groups in total. The van der Waals surface area contributed by atoms with Crippen molar-refractivity contribution in [3.05, 3.63) is 22.7 Å². The van der Waals surface area contributed by atoms with Gasteiger partial charge in [0.25, 0.3) is 0 Å². The fourth-order valence-electron chi connectivity index (χ4n) is 5.49. The first-order valence-electron chi connectivity index (χ1n) is 9.69. The summed E-state index contributed by atoms with van der Waals surface area (Å²) in [5.74, 6) is 2.04. The topological polar surface area (TPSA) is 32.8 Å². The number of amides is 1. The number of fused-ring (bicyclic) bond motifs is 7. The number of hydrogen-bond acceptors (Lipinski definition) is 3. The molecule has 5 heteroatoms. The van der Waals surface area contributed by atoms with Gasteiger partial charge in [0.2, 0.25) is 6.41 Å². The van der Waals surface area contributed by atoms with Gasteiger partial charge in [0.15, 0.2) is 0 Å². The number of piperidine rings is 3. The molecule has 25 heavy (non-hydrogen) atoms. The molecule has 3 saturated heterocycles. The van der Waals surface area contributed by atoms with E-state index in [2.05, 4.69) is 11.0 Å². The molecule has 1 saturated carbocycles. The van der Waals surface area contributed by atoms with Gasteiger partial charge in [-0.05, 0) is 75.6 Å². The van der Waals surface area contributed by atoms with E-state index in [1.165, 1.54) is 44.3 Å². The molecular weight excluding hydrogens is 336 g/mol. The first-order valence-corrected chi connectivity index (χ1v) is 10.1. The average Bonchev–Trinajstić information content (AvgIpc) is 2.65. The summed E-state index contributed by atoms with van der Waals surface area (Å²) in [5.41, 5.74) is 2.11. The summed E-state index contributed by atoms with van der Waals surface area (Å²) in [4.78, 5) is 16.5. The quantitative estimate of drug-likeness (QED) is 0.768. The van der Waals surface area contributed by atoms with Gasteiger partial charge < -0.3 is 14.5 Å². The summed E-state index contributed by atoms with van der Waals surface area (Å²) in [6.07, 6.45) is 8.31. The average molecular weight is 361 g/mol. The number of benzene rings is 1. The minimum absolute atomic E-state index is 0.243. The Kier molecular flexibility index (Phi) is 3.94. The lowest BCUT2D eigenvalue weighted by Crippen LogP contribution is -2.57. The van der Waals surface area contributed by atoms with Crippen LogP contribution in [0, 0.1) is 5.92 Å². The molecule has 1 aromatic carbocycles. The van der Waals surface area contributed by atoms with Gasteiger partial charge in [0, 0.05) is 17.1 Å². The number of carbonyl (C=O) groups is 1. The summed E-state index contributed by atoms with van der Waals surface area (Å²) in [6.45, 7) is 3.31. The Bertz CT molecular complexity index is 687. The number of anilines is 1. The second-order valence-electron chi connectivity index (χ2n) is 8.16. The van der Waals surface area contributed by atoms with E-state index in [9.17, 15) is 4.79 Å². The van der Waals surface area contributed by atoms with Crippen molar-refractivity contribution < 1.29 is 9.53 Å². The number of hydrogen-bond donors (Lipinski definition) is 0. The molecule has 0 aromatic heterocycles. The predicted molar refractivity (Wildman–Crippen MR) is 98.6 cm³/mol. The van der Waals surface area contributed by atoms with Crippen LogP contribution in [0.2, 0.25) is 5.02 Å². The minimum Gasteiger partial charge on any atom is -0.488 e. The molecule has 3 atom stereocenters. The maximum absolute atomic E-state index is 12.1. The van der Waals surface area contributed by atoms with E-state index >= 15 is 0 Å². The zero-order valence-corrected chi connectivity index (χ0v) is 15.3. The highest BCUT2D eigenvalue weighted by molar-refractivity contribution is 6.31. The van der Waals surface area contributed by atoms with Crippen LogP contribution in [0.25, 0.3) is 0 Å². The van der Waals surface area contributed by atoms with E-state index in [1.807, 2.05) is 11.0 Å². The Morgan fingerprint density at radius 1 is 1.20 bits per heavy atom. The molecule has 5 aliphatic rings. The first-order chi connectivity index (χ1) is 12.2. The van der Waals surface area contributed by atoms with Crippen LogP contribution in [-0.2, 0) is 4.79 Å². The summed E-state index contributed by atoms with van der Waals surface area (Å²) in [7, 11) is 0. The minimum atomic E-state index is 0.243. The van der Waals surface area contributed by atoms with Gasteiger partial charge in [-0.1, -0.05) is 11.6 Å². The van der Waals surface area contributed by atoms with E-state index in [0.29, 0.717) is 17.9 Å². The third kappa shape index (κ3) is 2.65. The van der Waals surface area contributed by atoms with Crippen LogP contribution in [0.5, 0.6) is 5.75 Å². The maximum atomic E-state index is 12.1. The van der Waals surface area contributed by atoms with Crippen LogP contribution in [0.3, 0.4) is 0 Å². The summed E-state index contributed by atoms with van der Waals surface area (Å²) in [5, 5.41) is 0.717. The van der Waals surface area contributed by atoms with Crippen LogP contribution in [-0.4, -0.2) is 43.1 Å². The summed E-state index contributed by atoms with van der Waals surface area (Å²) < 4.78 is 6.37. The van der Waals surface area contributed by atoms with Gasteiger partial charge in [-0.2, -0.15) is 0 Å². The Morgan fingerprint density at radius 3 is 2.76 bits per heavy atom. The second-order valence-corrected chi connectivity index (χ2v) is 8.60. The molecule has 0 spiro atoms. The Hall–Kier alpha value is -1.26. The zero-order chi connectivity index (χ0) is 17.0. The lowest BCUT2D eigenvalue weighted by Gasteiger charge is -2.48. The molecule has 1 aliphatic carbocycles. The van der Waals surface area contributed by atoms with Crippen LogP contribution in [0.15, 0.2) is 12.1 Å². The highest BCUT2D eigenvalue weighted by Gasteiger charge is 2.40. The molecule has 1 amide bonds. The van der Waals surface area contributed by atoms with Crippen molar-refractivity contribution in [1.82, 2.24) is 4.90 Å². The summed E-state index contributed by atoms with van der Waals surface area (Å²) in [6, 6.07) is 4.24. The predicted octanol–water partition coefficient (Wildman–Crippen LogP) is 3.82. The van der Waals surface area contributed by atoms with Gasteiger partial charge >= 0.3 is 0 Å².